The summed E-state index contributed by atoms with van der Waals surface area (Å²) in [5.74, 6) is 0.620. The molecule has 0 aliphatic heterocycles. The third kappa shape index (κ3) is 4.03. The summed E-state index contributed by atoms with van der Waals surface area (Å²) in [6.07, 6.45) is 1.34. The van der Waals surface area contributed by atoms with Gasteiger partial charge in [0.2, 0.25) is 10.0 Å². The Labute approximate surface area is 133 Å². The van der Waals surface area contributed by atoms with Crippen molar-refractivity contribution in [2.75, 3.05) is 12.4 Å². The molecule has 2 rings (SSSR count). The maximum atomic E-state index is 12.3. The Balaban J connectivity index is 2.17. The van der Waals surface area contributed by atoms with Gasteiger partial charge in [-0.1, -0.05) is 28.1 Å². The Hall–Kier alpha value is -1.44. The van der Waals surface area contributed by atoms with Gasteiger partial charge in [-0.2, -0.15) is 0 Å². The topological polar surface area (TPSA) is 71.1 Å². The molecule has 1 aromatic heterocycles. The van der Waals surface area contributed by atoms with Gasteiger partial charge in [0.1, 0.15) is 10.7 Å². The average Bonchev–Trinajstić information content (AvgIpc) is 2.47. The van der Waals surface area contributed by atoms with E-state index in [4.69, 9.17) is 0 Å². The molecule has 0 saturated heterocycles. The standard InChI is InChI=1S/C14H16BrN3O2S/c1-10(11-3-5-12(15)6-4-11)18-21(19,20)13-7-8-14(16-2)17-9-13/h3-10,18H,1-2H3,(H,16,17). The lowest BCUT2D eigenvalue weighted by molar-refractivity contribution is 0.566. The first kappa shape index (κ1) is 15.9. The maximum Gasteiger partial charge on any atom is 0.242 e. The number of anilines is 1. The van der Waals surface area contributed by atoms with E-state index in [2.05, 4.69) is 31.0 Å². The van der Waals surface area contributed by atoms with E-state index >= 15 is 0 Å². The molecule has 0 aliphatic rings. The summed E-state index contributed by atoms with van der Waals surface area (Å²) in [6, 6.07) is 10.3. The number of benzene rings is 1. The predicted octanol–water partition coefficient (Wildman–Crippen LogP) is 2.93. The highest BCUT2D eigenvalue weighted by molar-refractivity contribution is 9.10. The van der Waals surface area contributed by atoms with E-state index in [1.165, 1.54) is 12.3 Å². The Morgan fingerprint density at radius 1 is 1.14 bits per heavy atom. The lowest BCUT2D eigenvalue weighted by atomic mass is 10.1. The van der Waals surface area contributed by atoms with Gasteiger partial charge in [0.15, 0.2) is 0 Å². The highest BCUT2D eigenvalue weighted by atomic mass is 79.9. The smallest absolute Gasteiger partial charge is 0.242 e. The molecule has 0 radical (unpaired) electrons. The van der Waals surface area contributed by atoms with E-state index in [9.17, 15) is 8.42 Å². The molecule has 1 unspecified atom stereocenters. The predicted molar refractivity (Wildman–Crippen MR) is 86.7 cm³/mol. The monoisotopic (exact) mass is 369 g/mol. The second kappa shape index (κ2) is 6.55. The van der Waals surface area contributed by atoms with E-state index < -0.39 is 10.0 Å². The van der Waals surface area contributed by atoms with E-state index in [-0.39, 0.29) is 10.9 Å². The van der Waals surface area contributed by atoms with Crippen LogP contribution in [0.3, 0.4) is 0 Å². The second-order valence-electron chi connectivity index (χ2n) is 4.52. The zero-order valence-corrected chi connectivity index (χ0v) is 14.1. The van der Waals surface area contributed by atoms with Crippen molar-refractivity contribution in [3.63, 3.8) is 0 Å². The van der Waals surface area contributed by atoms with Gasteiger partial charge in [-0.25, -0.2) is 18.1 Å². The third-order valence-corrected chi connectivity index (χ3v) is 5.06. The summed E-state index contributed by atoms with van der Waals surface area (Å²) in [4.78, 5) is 4.16. The van der Waals surface area contributed by atoms with Crippen molar-refractivity contribution >= 4 is 31.8 Å². The summed E-state index contributed by atoms with van der Waals surface area (Å²) in [6.45, 7) is 1.80. The van der Waals surface area contributed by atoms with Gasteiger partial charge in [-0.3, -0.25) is 0 Å². The highest BCUT2D eigenvalue weighted by Crippen LogP contribution is 2.19. The van der Waals surface area contributed by atoms with Gasteiger partial charge >= 0.3 is 0 Å². The number of rotatable bonds is 5. The molecule has 7 heteroatoms. The van der Waals surface area contributed by atoms with Gasteiger partial charge in [0.05, 0.1) is 0 Å². The molecule has 0 fully saturated rings. The maximum absolute atomic E-state index is 12.3. The molecule has 1 aromatic carbocycles. The molecule has 2 N–H and O–H groups in total. The number of hydrogen-bond donors (Lipinski definition) is 2. The molecule has 21 heavy (non-hydrogen) atoms. The number of pyridine rings is 1. The minimum atomic E-state index is -3.59. The van der Waals surface area contributed by atoms with E-state index in [1.807, 2.05) is 24.3 Å². The van der Waals surface area contributed by atoms with Crippen molar-refractivity contribution in [1.82, 2.24) is 9.71 Å². The molecular weight excluding hydrogens is 354 g/mol. The first-order valence-electron chi connectivity index (χ1n) is 6.34. The molecule has 2 aromatic rings. The van der Waals surface area contributed by atoms with Crippen LogP contribution in [-0.2, 0) is 10.0 Å². The molecule has 0 spiro atoms. The zero-order chi connectivity index (χ0) is 15.5. The Kier molecular flexibility index (Phi) is 4.97. The third-order valence-electron chi connectivity index (χ3n) is 3.00. The Bertz CT molecular complexity index is 700. The van der Waals surface area contributed by atoms with Crippen molar-refractivity contribution in [3.8, 4) is 0 Å². The Morgan fingerprint density at radius 2 is 1.81 bits per heavy atom. The fourth-order valence-electron chi connectivity index (χ4n) is 1.81. The summed E-state index contributed by atoms with van der Waals surface area (Å²) in [7, 11) is -1.87. The zero-order valence-electron chi connectivity index (χ0n) is 11.7. The molecule has 0 aliphatic carbocycles. The van der Waals surface area contributed by atoms with Crippen LogP contribution < -0.4 is 10.0 Å². The number of nitrogens with one attached hydrogen (secondary N) is 2. The van der Waals surface area contributed by atoms with Crippen molar-refractivity contribution in [3.05, 3.63) is 52.6 Å². The fourth-order valence-corrected chi connectivity index (χ4v) is 3.25. The largest absolute Gasteiger partial charge is 0.373 e. The molecule has 0 bridgehead atoms. The number of halogens is 1. The molecule has 112 valence electrons. The summed E-state index contributed by atoms with van der Waals surface area (Å²) < 4.78 is 28.2. The van der Waals surface area contributed by atoms with Crippen LogP contribution >= 0.6 is 15.9 Å². The molecule has 1 atom stereocenters. The quantitative estimate of drug-likeness (QED) is 0.849. The van der Waals surface area contributed by atoms with Crippen molar-refractivity contribution in [2.24, 2.45) is 0 Å². The molecule has 5 nitrogen and oxygen atoms in total. The van der Waals surface area contributed by atoms with Gasteiger partial charge in [0.25, 0.3) is 0 Å². The van der Waals surface area contributed by atoms with Crippen LogP contribution in [0.5, 0.6) is 0 Å². The normalized spacial score (nSPS) is 12.9. The lowest BCUT2D eigenvalue weighted by Gasteiger charge is -2.14. The van der Waals surface area contributed by atoms with Crippen LogP contribution in [0.2, 0.25) is 0 Å². The summed E-state index contributed by atoms with van der Waals surface area (Å²) in [5.41, 5.74) is 0.890. The SMILES string of the molecule is CNc1ccc(S(=O)(=O)NC(C)c2ccc(Br)cc2)cn1. The highest BCUT2D eigenvalue weighted by Gasteiger charge is 2.18. The van der Waals surface area contributed by atoms with Crippen LogP contribution in [0.15, 0.2) is 52.0 Å². The minimum Gasteiger partial charge on any atom is -0.373 e. The number of aromatic nitrogens is 1. The van der Waals surface area contributed by atoms with Crippen LogP contribution in [0.25, 0.3) is 0 Å². The van der Waals surface area contributed by atoms with Gasteiger partial charge in [-0.05, 0) is 36.8 Å². The van der Waals surface area contributed by atoms with Crippen LogP contribution in [-0.4, -0.2) is 20.4 Å². The Morgan fingerprint density at radius 3 is 2.33 bits per heavy atom. The van der Waals surface area contributed by atoms with Crippen molar-refractivity contribution in [1.29, 1.82) is 0 Å². The molecule has 0 amide bonds. The number of sulfonamides is 1. The minimum absolute atomic E-state index is 0.144. The first-order chi connectivity index (χ1) is 9.92. The fraction of sp³-hybridized carbons (Fsp3) is 0.214. The van der Waals surface area contributed by atoms with Gasteiger partial charge in [0, 0.05) is 23.8 Å². The summed E-state index contributed by atoms with van der Waals surface area (Å²) >= 11 is 3.35. The van der Waals surface area contributed by atoms with Crippen LogP contribution in [0.4, 0.5) is 5.82 Å². The molecule has 1 heterocycles. The summed E-state index contributed by atoms with van der Waals surface area (Å²) in [5, 5.41) is 2.85. The molecule has 0 saturated carbocycles. The number of hydrogen-bond acceptors (Lipinski definition) is 4. The second-order valence-corrected chi connectivity index (χ2v) is 7.15. The number of nitrogens with zero attached hydrogens (tertiary/aromatic N) is 1. The van der Waals surface area contributed by atoms with E-state index in [0.29, 0.717) is 5.82 Å². The molecular formula is C14H16BrN3O2S. The average molecular weight is 370 g/mol. The van der Waals surface area contributed by atoms with Crippen LogP contribution in [0, 0.1) is 0 Å². The van der Waals surface area contributed by atoms with E-state index in [0.717, 1.165) is 10.0 Å². The van der Waals surface area contributed by atoms with Gasteiger partial charge < -0.3 is 5.32 Å². The van der Waals surface area contributed by atoms with Crippen molar-refractivity contribution < 1.29 is 8.42 Å². The van der Waals surface area contributed by atoms with Gasteiger partial charge in [-0.15, -0.1) is 0 Å². The van der Waals surface area contributed by atoms with Crippen LogP contribution in [0.1, 0.15) is 18.5 Å². The lowest BCUT2D eigenvalue weighted by Crippen LogP contribution is -2.27. The first-order valence-corrected chi connectivity index (χ1v) is 8.61. The van der Waals surface area contributed by atoms with Crippen molar-refractivity contribution in [2.45, 2.75) is 17.9 Å². The van der Waals surface area contributed by atoms with E-state index in [1.54, 1.807) is 20.0 Å².